The molecule has 2 N–H and O–H groups in total. The first-order chi connectivity index (χ1) is 23.6. The van der Waals surface area contributed by atoms with Gasteiger partial charge in [0.25, 0.3) is 0 Å². The third-order valence-corrected chi connectivity index (χ3v) is 6.68. The Balaban J connectivity index is 0.000000224. The van der Waals surface area contributed by atoms with Gasteiger partial charge < -0.3 is 19.4 Å². The molecule has 0 spiro atoms. The van der Waals surface area contributed by atoms with Gasteiger partial charge in [0, 0.05) is 104 Å². The van der Waals surface area contributed by atoms with Gasteiger partial charge in [-0.1, -0.05) is 24.3 Å². The topological polar surface area (TPSA) is 127 Å². The third kappa shape index (κ3) is 12.0. The second kappa shape index (κ2) is 21.4. The zero-order valence-electron chi connectivity index (χ0n) is 27.2. The van der Waals surface area contributed by atoms with Crippen LogP contribution in [0.25, 0.3) is 45.6 Å². The van der Waals surface area contributed by atoms with Gasteiger partial charge in [-0.15, -0.1) is 0 Å². The van der Waals surface area contributed by atoms with E-state index in [-0.39, 0.29) is 42.1 Å². The zero-order chi connectivity index (χ0) is 33.4. The van der Waals surface area contributed by atoms with E-state index in [0.29, 0.717) is 18.0 Å². The van der Waals surface area contributed by atoms with Crippen LogP contribution in [0.1, 0.15) is 13.8 Å². The number of H-pyrrole nitrogens is 2. The van der Waals surface area contributed by atoms with Gasteiger partial charge in [-0.25, -0.2) is 9.97 Å². The molecule has 7 heterocycles. The fourth-order valence-corrected chi connectivity index (χ4v) is 4.51. The van der Waals surface area contributed by atoms with E-state index >= 15 is 0 Å². The Hall–Kier alpha value is -4.69. The van der Waals surface area contributed by atoms with Crippen molar-refractivity contribution in [2.45, 2.75) is 13.8 Å². The van der Waals surface area contributed by atoms with Crippen LogP contribution >= 0.6 is 12.2 Å². The average Bonchev–Trinajstić information content (AvgIpc) is 3.64. The molecule has 0 atom stereocenters. The maximum absolute atomic E-state index is 5.63. The predicted octanol–water partition coefficient (Wildman–Crippen LogP) is 8.28. The molecule has 0 amide bonds. The maximum atomic E-state index is 5.63. The van der Waals surface area contributed by atoms with E-state index in [1.54, 1.807) is 37.2 Å². The minimum absolute atomic E-state index is 0. The van der Waals surface area contributed by atoms with Crippen LogP contribution < -0.4 is 9.47 Å². The number of nitrogens with one attached hydrogen (secondary N) is 2. The smallest absolute Gasteiger partial charge is 0.174 e. The molecular formula is C37H34N8O2Pt2S. The minimum Gasteiger partial charge on any atom is -0.494 e. The van der Waals surface area contributed by atoms with E-state index < -0.39 is 0 Å². The number of hydrogen-bond donors (Lipinski definition) is 2. The minimum atomic E-state index is 0. The predicted molar refractivity (Wildman–Crippen MR) is 190 cm³/mol. The Labute approximate surface area is 324 Å². The van der Waals surface area contributed by atoms with Crippen molar-refractivity contribution < 1.29 is 51.6 Å². The summed E-state index contributed by atoms with van der Waals surface area (Å²) in [7, 11) is 0. The van der Waals surface area contributed by atoms with Crippen molar-refractivity contribution in [3.8, 4) is 57.1 Å². The fourth-order valence-electron chi connectivity index (χ4n) is 4.37. The molecule has 7 aromatic heterocycles. The van der Waals surface area contributed by atoms with E-state index in [2.05, 4.69) is 52.1 Å². The van der Waals surface area contributed by atoms with Gasteiger partial charge in [0.05, 0.1) is 58.8 Å². The quantitative estimate of drug-likeness (QED) is 0.145. The third-order valence-electron chi connectivity index (χ3n) is 6.44. The van der Waals surface area contributed by atoms with Crippen molar-refractivity contribution in [3.63, 3.8) is 0 Å². The van der Waals surface area contributed by atoms with Crippen LogP contribution in [0.5, 0.6) is 11.5 Å². The molecule has 10 nitrogen and oxygen atoms in total. The molecule has 50 heavy (non-hydrogen) atoms. The van der Waals surface area contributed by atoms with Crippen molar-refractivity contribution in [1.29, 1.82) is 0 Å². The molecule has 0 aromatic carbocycles. The zero-order valence-corrected chi connectivity index (χ0v) is 32.5. The Kier molecular flexibility index (Phi) is 17.0. The summed E-state index contributed by atoms with van der Waals surface area (Å²) < 4.78 is 11.9. The molecule has 7 rings (SSSR count). The summed E-state index contributed by atoms with van der Waals surface area (Å²) in [5, 5.41) is 0. The molecule has 0 fully saturated rings. The first-order valence-electron chi connectivity index (χ1n) is 15.3. The van der Waals surface area contributed by atoms with Crippen LogP contribution in [0.4, 0.5) is 0 Å². The van der Waals surface area contributed by atoms with Crippen LogP contribution in [0, 0.1) is 4.77 Å². The fraction of sp³-hybridized carbons (Fsp3) is 0.108. The normalized spacial score (nSPS) is 9.72. The summed E-state index contributed by atoms with van der Waals surface area (Å²) in [5.74, 6) is 1.54. The Morgan fingerprint density at radius 3 is 0.980 bits per heavy atom. The van der Waals surface area contributed by atoms with Crippen LogP contribution in [0.3, 0.4) is 0 Å². The van der Waals surface area contributed by atoms with Gasteiger partial charge in [0.15, 0.2) is 4.77 Å². The molecule has 0 bridgehead atoms. The van der Waals surface area contributed by atoms with Crippen molar-refractivity contribution >= 4 is 12.2 Å². The van der Waals surface area contributed by atoms with Gasteiger partial charge >= 0.3 is 0 Å². The molecule has 0 saturated heterocycles. The molecule has 0 aliphatic rings. The molecule has 0 radical (unpaired) electrons. The first-order valence-corrected chi connectivity index (χ1v) is 15.7. The summed E-state index contributed by atoms with van der Waals surface area (Å²) >= 11 is 4.63. The second-order valence-corrected chi connectivity index (χ2v) is 10.2. The summed E-state index contributed by atoms with van der Waals surface area (Å²) in [6.45, 7) is 5.13. The number of imidazole rings is 1. The summed E-state index contributed by atoms with van der Waals surface area (Å²) in [5.41, 5.74) is 6.38. The van der Waals surface area contributed by atoms with Crippen molar-refractivity contribution in [2.24, 2.45) is 0 Å². The molecule has 0 aliphatic heterocycles. The van der Waals surface area contributed by atoms with Crippen molar-refractivity contribution in [2.75, 3.05) is 13.2 Å². The molecule has 13 heteroatoms. The standard InChI is InChI=1S/2C17H15N3O.C3H4N2S.2Pt/c2*1-2-21-13-11-16(14-7-3-5-9-18-14)20-17(12-13)15-8-4-6-10-19-15;6-3-4-1-2-5-3;;/h2*3-12H,2H2,1H3;1-2H,(H2,4,5,6);;. The van der Waals surface area contributed by atoms with Crippen molar-refractivity contribution in [1.82, 2.24) is 39.9 Å². The van der Waals surface area contributed by atoms with Gasteiger partial charge in [0.2, 0.25) is 0 Å². The monoisotopic (exact) mass is 1040 g/mol. The number of nitrogens with zero attached hydrogens (tertiary/aromatic N) is 6. The SMILES string of the molecule is CCOc1cc(-c2ccccn2)nc(-c2ccccn2)c1.CCOc1cc(-c2ccccn2)nc(-c2ccccn2)c1.S=c1[nH]cc[nH]1.[Pt].[Pt]. The van der Waals surface area contributed by atoms with Crippen LogP contribution in [-0.2, 0) is 42.1 Å². The summed E-state index contributed by atoms with van der Waals surface area (Å²) in [4.78, 5) is 32.2. The second-order valence-electron chi connectivity index (χ2n) is 9.82. The van der Waals surface area contributed by atoms with E-state index in [4.69, 9.17) is 9.47 Å². The van der Waals surface area contributed by atoms with Gasteiger partial charge in [-0.3, -0.25) is 19.9 Å². The largest absolute Gasteiger partial charge is 0.494 e. The molecule has 260 valence electrons. The molecule has 0 unspecified atom stereocenters. The number of pyridine rings is 6. The number of rotatable bonds is 8. The molecule has 0 saturated carbocycles. The number of aromatic nitrogens is 8. The average molecular weight is 1040 g/mol. The number of ether oxygens (including phenoxy) is 2. The Morgan fingerprint density at radius 1 is 0.480 bits per heavy atom. The van der Waals surface area contributed by atoms with E-state index in [9.17, 15) is 0 Å². The van der Waals surface area contributed by atoms with Crippen molar-refractivity contribution in [3.05, 3.63) is 139 Å². The first kappa shape index (κ1) is 39.7. The van der Waals surface area contributed by atoms with E-state index in [1.165, 1.54) is 0 Å². The maximum Gasteiger partial charge on any atom is 0.174 e. The van der Waals surface area contributed by atoms with Crippen LogP contribution in [0.2, 0.25) is 0 Å². The summed E-state index contributed by atoms with van der Waals surface area (Å²) in [6, 6.07) is 30.6. The van der Waals surface area contributed by atoms with Crippen LogP contribution in [-0.4, -0.2) is 53.1 Å². The summed E-state index contributed by atoms with van der Waals surface area (Å²) in [6.07, 6.45) is 10.5. The van der Waals surface area contributed by atoms with E-state index in [1.807, 2.05) is 111 Å². The van der Waals surface area contributed by atoms with Gasteiger partial charge in [-0.05, 0) is 74.6 Å². The van der Waals surface area contributed by atoms with E-state index in [0.717, 1.165) is 57.1 Å². The number of hydrogen-bond acceptors (Lipinski definition) is 9. The Bertz CT molecular complexity index is 1780. The van der Waals surface area contributed by atoms with Gasteiger partial charge in [0.1, 0.15) is 11.5 Å². The van der Waals surface area contributed by atoms with Gasteiger partial charge in [-0.2, -0.15) is 0 Å². The van der Waals surface area contributed by atoms with Crippen LogP contribution in [0.15, 0.2) is 134 Å². The molecule has 7 aromatic rings. The molecular weight excluding hydrogens is 1010 g/mol. The molecule has 0 aliphatic carbocycles. The number of aromatic amines is 2. The Morgan fingerprint density at radius 2 is 0.780 bits per heavy atom.